The number of pyridine rings is 1. The molecule has 1 N–H and O–H groups in total. The van der Waals surface area contributed by atoms with E-state index in [1.807, 2.05) is 6.92 Å². The fourth-order valence-corrected chi connectivity index (χ4v) is 2.01. The van der Waals surface area contributed by atoms with Crippen LogP contribution in [0.15, 0.2) is 16.7 Å². The highest BCUT2D eigenvalue weighted by molar-refractivity contribution is 9.10. The molecule has 6 nitrogen and oxygen atoms in total. The number of aromatic nitrogens is 1. The molecule has 1 heterocycles. The molecule has 0 atom stereocenters. The molecule has 0 aliphatic heterocycles. The summed E-state index contributed by atoms with van der Waals surface area (Å²) < 4.78 is 0.592. The van der Waals surface area contributed by atoms with E-state index in [2.05, 4.69) is 20.9 Å². The van der Waals surface area contributed by atoms with Crippen LogP contribution in [0, 0.1) is 0 Å². The minimum Gasteiger partial charge on any atom is -0.478 e. The summed E-state index contributed by atoms with van der Waals surface area (Å²) in [5.41, 5.74) is 0.0828. The van der Waals surface area contributed by atoms with Crippen molar-refractivity contribution in [3.63, 3.8) is 0 Å². The van der Waals surface area contributed by atoms with Crippen molar-refractivity contribution >= 4 is 33.6 Å². The molecule has 0 aliphatic carbocycles. The molecule has 0 spiro atoms. The maximum Gasteiger partial charge on any atom is 0.339 e. The van der Waals surface area contributed by atoms with Crippen LogP contribution < -0.4 is 4.90 Å². The van der Waals surface area contributed by atoms with E-state index in [0.717, 1.165) is 6.42 Å². The number of carboxylic acids is 1. The first kappa shape index (κ1) is 16.4. The Morgan fingerprint density at radius 3 is 2.55 bits per heavy atom. The predicted octanol–water partition coefficient (Wildman–Crippen LogP) is 1.85. The number of aromatic carboxylic acids is 1. The van der Waals surface area contributed by atoms with E-state index < -0.39 is 5.97 Å². The van der Waals surface area contributed by atoms with E-state index in [-0.39, 0.29) is 18.0 Å². The molecule has 1 aromatic rings. The van der Waals surface area contributed by atoms with E-state index >= 15 is 0 Å². The van der Waals surface area contributed by atoms with Crippen LogP contribution in [0.1, 0.15) is 23.7 Å². The summed E-state index contributed by atoms with van der Waals surface area (Å²) in [5.74, 6) is -0.843. The average Bonchev–Trinajstić information content (AvgIpc) is 2.37. The lowest BCUT2D eigenvalue weighted by atomic mass is 10.2. The van der Waals surface area contributed by atoms with Crippen LogP contribution in [0.4, 0.5) is 5.82 Å². The predicted molar refractivity (Wildman–Crippen MR) is 80.1 cm³/mol. The molecule has 0 fully saturated rings. The summed E-state index contributed by atoms with van der Waals surface area (Å²) >= 11 is 3.21. The smallest absolute Gasteiger partial charge is 0.339 e. The van der Waals surface area contributed by atoms with Crippen molar-refractivity contribution in [2.24, 2.45) is 0 Å². The van der Waals surface area contributed by atoms with Gasteiger partial charge in [-0.25, -0.2) is 9.78 Å². The summed E-state index contributed by atoms with van der Waals surface area (Å²) in [6.07, 6.45) is 2.32. The molecule has 1 amide bonds. The van der Waals surface area contributed by atoms with E-state index in [0.29, 0.717) is 16.8 Å². The maximum absolute atomic E-state index is 11.8. The Bertz CT molecular complexity index is 506. The van der Waals surface area contributed by atoms with Crippen molar-refractivity contribution in [1.82, 2.24) is 9.88 Å². The second kappa shape index (κ2) is 7.23. The lowest BCUT2D eigenvalue weighted by Gasteiger charge is -2.25. The first-order valence-electron chi connectivity index (χ1n) is 6.20. The number of carbonyl (C=O) groups excluding carboxylic acids is 1. The number of nitrogens with zero attached hydrogens (tertiary/aromatic N) is 3. The van der Waals surface area contributed by atoms with Gasteiger partial charge < -0.3 is 14.9 Å². The summed E-state index contributed by atoms with van der Waals surface area (Å²) in [6.45, 7) is 2.64. The Morgan fingerprint density at radius 1 is 1.40 bits per heavy atom. The lowest BCUT2D eigenvalue weighted by molar-refractivity contribution is -0.127. The normalized spacial score (nSPS) is 10.2. The Balaban J connectivity index is 3.14. The highest BCUT2D eigenvalue weighted by atomic mass is 79.9. The molecule has 0 radical (unpaired) electrons. The van der Waals surface area contributed by atoms with Crippen LogP contribution in [0.25, 0.3) is 0 Å². The van der Waals surface area contributed by atoms with E-state index in [1.165, 1.54) is 17.2 Å². The second-order valence-corrected chi connectivity index (χ2v) is 5.46. The molecular weight excluding hydrogens is 326 g/mol. The minimum absolute atomic E-state index is 0.0828. The van der Waals surface area contributed by atoms with Crippen molar-refractivity contribution in [3.05, 3.63) is 22.3 Å². The van der Waals surface area contributed by atoms with Gasteiger partial charge >= 0.3 is 5.97 Å². The number of anilines is 1. The van der Waals surface area contributed by atoms with Gasteiger partial charge in [0.25, 0.3) is 0 Å². The highest BCUT2D eigenvalue weighted by Crippen LogP contribution is 2.22. The van der Waals surface area contributed by atoms with Gasteiger partial charge in [-0.1, -0.05) is 6.92 Å². The first-order chi connectivity index (χ1) is 9.36. The quantitative estimate of drug-likeness (QED) is 0.853. The third-order valence-corrected chi connectivity index (χ3v) is 3.12. The average molecular weight is 344 g/mol. The van der Waals surface area contributed by atoms with Crippen molar-refractivity contribution < 1.29 is 14.7 Å². The van der Waals surface area contributed by atoms with Crippen LogP contribution in [0.5, 0.6) is 0 Å². The molecule has 0 saturated carbocycles. The van der Waals surface area contributed by atoms with Crippen LogP contribution in [0.2, 0.25) is 0 Å². The molecule has 0 bridgehead atoms. The van der Waals surface area contributed by atoms with Gasteiger partial charge in [-0.05, 0) is 28.4 Å². The van der Waals surface area contributed by atoms with Crippen LogP contribution in [0.3, 0.4) is 0 Å². The molecule has 1 rings (SSSR count). The number of amides is 1. The Morgan fingerprint density at radius 2 is 2.05 bits per heavy atom. The topological polar surface area (TPSA) is 73.7 Å². The summed E-state index contributed by atoms with van der Waals surface area (Å²) in [5, 5.41) is 9.27. The molecule has 7 heteroatoms. The third-order valence-electron chi connectivity index (χ3n) is 2.68. The van der Waals surface area contributed by atoms with Gasteiger partial charge in [0.15, 0.2) is 0 Å². The van der Waals surface area contributed by atoms with E-state index in [9.17, 15) is 14.7 Å². The molecule has 0 aliphatic rings. The fourth-order valence-electron chi connectivity index (χ4n) is 1.68. The number of carbonyl (C=O) groups is 2. The Kier molecular flexibility index (Phi) is 5.94. The van der Waals surface area contributed by atoms with Crippen LogP contribution in [-0.2, 0) is 4.79 Å². The standard InChI is InChI=1S/C13H18BrN3O3/c1-4-5-17(8-11(18)16(2)3)12-10(13(19)20)6-9(14)7-15-12/h6-7H,4-5,8H2,1-3H3,(H,19,20). The molecule has 110 valence electrons. The third kappa shape index (κ3) is 4.19. The van der Waals surface area contributed by atoms with E-state index in [1.54, 1.807) is 19.0 Å². The van der Waals surface area contributed by atoms with Crippen molar-refractivity contribution in [1.29, 1.82) is 0 Å². The zero-order valence-electron chi connectivity index (χ0n) is 11.8. The number of hydrogen-bond donors (Lipinski definition) is 1. The largest absolute Gasteiger partial charge is 0.478 e. The van der Waals surface area contributed by atoms with Crippen molar-refractivity contribution in [3.8, 4) is 0 Å². The van der Waals surface area contributed by atoms with Gasteiger partial charge in [0.2, 0.25) is 5.91 Å². The number of rotatable bonds is 6. The summed E-state index contributed by atoms with van der Waals surface area (Å²) in [6, 6.07) is 1.49. The van der Waals surface area contributed by atoms with E-state index in [4.69, 9.17) is 0 Å². The highest BCUT2D eigenvalue weighted by Gasteiger charge is 2.20. The lowest BCUT2D eigenvalue weighted by Crippen LogP contribution is -2.38. The Labute approximate surface area is 126 Å². The second-order valence-electron chi connectivity index (χ2n) is 4.54. The van der Waals surface area contributed by atoms with Gasteiger partial charge in [-0.3, -0.25) is 4.79 Å². The number of hydrogen-bond acceptors (Lipinski definition) is 4. The van der Waals surface area contributed by atoms with Crippen molar-refractivity contribution in [2.45, 2.75) is 13.3 Å². The molecule has 0 aromatic carbocycles. The minimum atomic E-state index is -1.06. The SMILES string of the molecule is CCCN(CC(=O)N(C)C)c1ncc(Br)cc1C(=O)O. The van der Waals surface area contributed by atoms with Gasteiger partial charge in [0.1, 0.15) is 11.4 Å². The van der Waals surface area contributed by atoms with Crippen molar-refractivity contribution in [2.75, 3.05) is 32.1 Å². The van der Waals surface area contributed by atoms with Gasteiger partial charge in [-0.15, -0.1) is 0 Å². The zero-order chi connectivity index (χ0) is 15.3. The summed E-state index contributed by atoms with van der Waals surface area (Å²) in [4.78, 5) is 30.5. The number of carboxylic acid groups (broad SMARTS) is 1. The molecule has 1 aromatic heterocycles. The molecule has 0 saturated heterocycles. The first-order valence-corrected chi connectivity index (χ1v) is 7.00. The zero-order valence-corrected chi connectivity index (χ0v) is 13.3. The Hall–Kier alpha value is -1.63. The molecule has 0 unspecified atom stereocenters. The summed E-state index contributed by atoms with van der Waals surface area (Å²) in [7, 11) is 3.33. The van der Waals surface area contributed by atoms with Crippen LogP contribution in [-0.4, -0.2) is 54.1 Å². The molecular formula is C13H18BrN3O3. The number of likely N-dealkylation sites (N-methyl/N-ethyl adjacent to an activating group) is 1. The number of halogens is 1. The van der Waals surface area contributed by atoms with Gasteiger partial charge in [-0.2, -0.15) is 0 Å². The molecule has 20 heavy (non-hydrogen) atoms. The van der Waals surface area contributed by atoms with Gasteiger partial charge in [0, 0.05) is 31.3 Å². The van der Waals surface area contributed by atoms with Crippen LogP contribution >= 0.6 is 15.9 Å². The fraction of sp³-hybridized carbons (Fsp3) is 0.462. The van der Waals surface area contributed by atoms with Gasteiger partial charge in [0.05, 0.1) is 6.54 Å². The monoisotopic (exact) mass is 343 g/mol. The maximum atomic E-state index is 11.8.